The van der Waals surface area contributed by atoms with Crippen molar-refractivity contribution in [2.45, 2.75) is 53.4 Å². The third kappa shape index (κ3) is 11.4. The number of unbranched alkanes of at least 4 members (excludes halogenated alkanes) is 1. The van der Waals surface area contributed by atoms with Crippen LogP contribution in [0.3, 0.4) is 0 Å². The third-order valence-electron chi connectivity index (χ3n) is 2.01. The summed E-state index contributed by atoms with van der Waals surface area (Å²) in [6, 6.07) is 0. The van der Waals surface area contributed by atoms with Gasteiger partial charge in [-0.25, -0.2) is 0 Å². The predicted molar refractivity (Wildman–Crippen MR) is 66.8 cm³/mol. The Morgan fingerprint density at radius 1 is 0.933 bits per heavy atom. The molecule has 0 saturated heterocycles. The Bertz CT molecular complexity index is 130. The average molecular weight is 216 g/mol. The molecule has 0 unspecified atom stereocenters. The minimum absolute atomic E-state index is 0.0636. The Balaban J connectivity index is 0. The maximum atomic E-state index is 11.1. The number of hydrogen-bond acceptors (Lipinski definition) is 2. The summed E-state index contributed by atoms with van der Waals surface area (Å²) < 4.78 is 0. The summed E-state index contributed by atoms with van der Waals surface area (Å²) >= 11 is 0. The van der Waals surface area contributed by atoms with Gasteiger partial charge in [-0.2, -0.15) is 0 Å². The van der Waals surface area contributed by atoms with Gasteiger partial charge < -0.3 is 10.6 Å². The minimum Gasteiger partial charge on any atom is -0.342 e. The molecule has 0 rings (SSSR count). The number of carbonyl (C=O) groups is 1. The second-order valence-electron chi connectivity index (χ2n) is 3.58. The van der Waals surface area contributed by atoms with E-state index in [9.17, 15) is 4.79 Å². The lowest BCUT2D eigenvalue weighted by Gasteiger charge is -2.20. The second kappa shape index (κ2) is 13.4. The average Bonchev–Trinajstić information content (AvgIpc) is 2.28. The van der Waals surface area contributed by atoms with Gasteiger partial charge in [-0.1, -0.05) is 40.5 Å². The van der Waals surface area contributed by atoms with Gasteiger partial charge in [-0.05, 0) is 12.8 Å². The maximum Gasteiger partial charge on any atom is 0.236 e. The number of hydrogen-bond donors (Lipinski definition) is 1. The molecule has 0 aliphatic carbocycles. The fraction of sp³-hybridized carbons (Fsp3) is 0.917. The lowest BCUT2D eigenvalue weighted by Crippen LogP contribution is -2.37. The molecule has 0 aromatic rings. The smallest absolute Gasteiger partial charge is 0.236 e. The van der Waals surface area contributed by atoms with E-state index in [0.29, 0.717) is 0 Å². The zero-order valence-electron chi connectivity index (χ0n) is 10.9. The first-order valence-electron chi connectivity index (χ1n) is 6.15. The molecule has 15 heavy (non-hydrogen) atoms. The Labute approximate surface area is 95.0 Å². The molecule has 3 heteroatoms. The first-order valence-corrected chi connectivity index (χ1v) is 6.15. The van der Waals surface area contributed by atoms with Crippen LogP contribution >= 0.6 is 0 Å². The van der Waals surface area contributed by atoms with E-state index in [1.54, 1.807) is 0 Å². The SMILES string of the molecule is CCCC.CCCN(CCC)C(=O)CN. The summed E-state index contributed by atoms with van der Waals surface area (Å²) in [6.45, 7) is 10.3. The fourth-order valence-corrected chi connectivity index (χ4v) is 1.03. The van der Waals surface area contributed by atoms with Crippen LogP contribution in [0.1, 0.15) is 53.4 Å². The van der Waals surface area contributed by atoms with Gasteiger partial charge in [0.2, 0.25) is 5.91 Å². The fourth-order valence-electron chi connectivity index (χ4n) is 1.03. The third-order valence-corrected chi connectivity index (χ3v) is 2.01. The Hall–Kier alpha value is -0.570. The molecular formula is C12H28N2O. The van der Waals surface area contributed by atoms with Gasteiger partial charge in [0.05, 0.1) is 6.54 Å². The Kier molecular flexibility index (Phi) is 15.1. The van der Waals surface area contributed by atoms with Gasteiger partial charge in [0.25, 0.3) is 0 Å². The van der Waals surface area contributed by atoms with Gasteiger partial charge in [0.1, 0.15) is 0 Å². The molecule has 0 spiro atoms. The maximum absolute atomic E-state index is 11.1. The highest BCUT2D eigenvalue weighted by atomic mass is 16.2. The normalized spacial score (nSPS) is 9.13. The second-order valence-corrected chi connectivity index (χ2v) is 3.58. The van der Waals surface area contributed by atoms with Crippen LogP contribution in [0.4, 0.5) is 0 Å². The van der Waals surface area contributed by atoms with Crippen molar-refractivity contribution in [1.29, 1.82) is 0 Å². The van der Waals surface area contributed by atoms with Crippen molar-refractivity contribution in [2.24, 2.45) is 5.73 Å². The van der Waals surface area contributed by atoms with Crippen LogP contribution < -0.4 is 5.73 Å². The molecule has 0 bridgehead atoms. The van der Waals surface area contributed by atoms with Crippen molar-refractivity contribution < 1.29 is 4.79 Å². The standard InChI is InChI=1S/C8H18N2O.C4H10/c1-3-5-10(6-4-2)8(11)7-9;1-3-4-2/h3-7,9H2,1-2H3;3-4H2,1-2H3. The van der Waals surface area contributed by atoms with E-state index in [0.717, 1.165) is 25.9 Å². The van der Waals surface area contributed by atoms with Gasteiger partial charge >= 0.3 is 0 Å². The first kappa shape index (κ1) is 16.8. The Morgan fingerprint density at radius 2 is 1.33 bits per heavy atom. The van der Waals surface area contributed by atoms with Crippen LogP contribution in [-0.4, -0.2) is 30.4 Å². The quantitative estimate of drug-likeness (QED) is 0.741. The van der Waals surface area contributed by atoms with E-state index in [2.05, 4.69) is 27.7 Å². The lowest BCUT2D eigenvalue weighted by atomic mass is 10.3. The molecule has 3 nitrogen and oxygen atoms in total. The van der Waals surface area contributed by atoms with E-state index in [1.807, 2.05) is 4.90 Å². The van der Waals surface area contributed by atoms with Crippen molar-refractivity contribution in [3.63, 3.8) is 0 Å². The summed E-state index contributed by atoms with van der Waals surface area (Å²) in [5.41, 5.74) is 5.24. The highest BCUT2D eigenvalue weighted by molar-refractivity contribution is 5.77. The van der Waals surface area contributed by atoms with Gasteiger partial charge in [-0.15, -0.1) is 0 Å². The molecule has 0 saturated carbocycles. The Morgan fingerprint density at radius 3 is 1.53 bits per heavy atom. The summed E-state index contributed by atoms with van der Waals surface area (Å²) in [5.74, 6) is 0.0636. The monoisotopic (exact) mass is 216 g/mol. The van der Waals surface area contributed by atoms with E-state index in [-0.39, 0.29) is 12.5 Å². The zero-order chi connectivity index (χ0) is 12.1. The number of carbonyl (C=O) groups excluding carboxylic acids is 1. The molecule has 2 N–H and O–H groups in total. The minimum atomic E-state index is 0.0636. The van der Waals surface area contributed by atoms with Crippen molar-refractivity contribution in [2.75, 3.05) is 19.6 Å². The number of nitrogens with zero attached hydrogens (tertiary/aromatic N) is 1. The van der Waals surface area contributed by atoms with E-state index in [1.165, 1.54) is 12.8 Å². The number of amides is 1. The first-order chi connectivity index (χ1) is 7.17. The predicted octanol–water partition coefficient (Wildman–Crippen LogP) is 2.40. The highest BCUT2D eigenvalue weighted by Gasteiger charge is 2.07. The summed E-state index contributed by atoms with van der Waals surface area (Å²) in [5, 5.41) is 0. The van der Waals surface area contributed by atoms with Gasteiger partial charge in [-0.3, -0.25) is 4.79 Å². The van der Waals surface area contributed by atoms with Crippen LogP contribution in [0, 0.1) is 0 Å². The molecule has 0 radical (unpaired) electrons. The molecule has 0 atom stereocenters. The van der Waals surface area contributed by atoms with Gasteiger partial charge in [0.15, 0.2) is 0 Å². The molecule has 0 aliphatic rings. The van der Waals surface area contributed by atoms with E-state index in [4.69, 9.17) is 5.73 Å². The van der Waals surface area contributed by atoms with Crippen molar-refractivity contribution in [3.8, 4) is 0 Å². The van der Waals surface area contributed by atoms with Crippen LogP contribution in [0.2, 0.25) is 0 Å². The number of rotatable bonds is 6. The van der Waals surface area contributed by atoms with Crippen molar-refractivity contribution in [3.05, 3.63) is 0 Å². The van der Waals surface area contributed by atoms with Crippen LogP contribution in [-0.2, 0) is 4.79 Å². The van der Waals surface area contributed by atoms with Gasteiger partial charge in [0, 0.05) is 13.1 Å². The molecule has 0 fully saturated rings. The molecule has 92 valence electrons. The molecule has 0 heterocycles. The summed E-state index contributed by atoms with van der Waals surface area (Å²) in [7, 11) is 0. The van der Waals surface area contributed by atoms with E-state index < -0.39 is 0 Å². The van der Waals surface area contributed by atoms with E-state index >= 15 is 0 Å². The van der Waals surface area contributed by atoms with Crippen LogP contribution in [0.15, 0.2) is 0 Å². The number of nitrogens with two attached hydrogens (primary N) is 1. The van der Waals surface area contributed by atoms with Crippen LogP contribution in [0.5, 0.6) is 0 Å². The molecular weight excluding hydrogens is 188 g/mol. The summed E-state index contributed by atoms with van der Waals surface area (Å²) in [4.78, 5) is 12.9. The topological polar surface area (TPSA) is 46.3 Å². The molecule has 0 aromatic carbocycles. The summed E-state index contributed by atoms with van der Waals surface area (Å²) in [6.07, 6.45) is 4.65. The zero-order valence-corrected chi connectivity index (χ0v) is 10.9. The highest BCUT2D eigenvalue weighted by Crippen LogP contribution is 1.93. The lowest BCUT2D eigenvalue weighted by molar-refractivity contribution is -0.129. The van der Waals surface area contributed by atoms with Crippen molar-refractivity contribution >= 4 is 5.91 Å². The molecule has 1 amide bonds. The van der Waals surface area contributed by atoms with Crippen LogP contribution in [0.25, 0.3) is 0 Å². The molecule has 0 aliphatic heterocycles. The van der Waals surface area contributed by atoms with Crippen molar-refractivity contribution in [1.82, 2.24) is 4.90 Å². The molecule has 0 aromatic heterocycles. The largest absolute Gasteiger partial charge is 0.342 e.